The summed E-state index contributed by atoms with van der Waals surface area (Å²) in [5.41, 5.74) is -19.9. The van der Waals surface area contributed by atoms with E-state index in [1.807, 2.05) is 0 Å². The van der Waals surface area contributed by atoms with Crippen molar-refractivity contribution >= 4 is 0 Å². The molecule has 24 heteroatoms. The maximum absolute atomic E-state index is 13.4. The molecule has 0 rings (SSSR count). The molecular weight excluding hydrogens is 600 g/mol. The van der Waals surface area contributed by atoms with Crippen LogP contribution in [0.25, 0.3) is 0 Å². The average molecular weight is 602 g/mol. The third kappa shape index (κ3) is 5.04. The van der Waals surface area contributed by atoms with Crippen molar-refractivity contribution in [1.82, 2.24) is 0 Å². The molecule has 0 heterocycles. The molecule has 0 N–H and O–H groups in total. The Morgan fingerprint density at radius 2 is 0.333 bits per heavy atom. The van der Waals surface area contributed by atoms with Gasteiger partial charge in [0.25, 0.3) is 0 Å². The monoisotopic (exact) mass is 602 g/mol. The third-order valence-electron chi connectivity index (χ3n) is 4.59. The van der Waals surface area contributed by atoms with Gasteiger partial charge in [0.15, 0.2) is 11.8 Å². The lowest BCUT2D eigenvalue weighted by Crippen LogP contribution is -2.81. The van der Waals surface area contributed by atoms with Gasteiger partial charge >= 0.3 is 49.4 Å². The maximum atomic E-state index is 13.4. The van der Waals surface area contributed by atoms with Crippen molar-refractivity contribution in [3.8, 4) is 0 Å². The first kappa shape index (κ1) is 34.3. The van der Waals surface area contributed by atoms with Gasteiger partial charge in [0.1, 0.15) is 0 Å². The minimum atomic E-state index is -9.96. The fourth-order valence-electron chi connectivity index (χ4n) is 3.68. The van der Waals surface area contributed by atoms with Gasteiger partial charge in [-0.1, -0.05) is 0 Å². The van der Waals surface area contributed by atoms with Crippen LogP contribution in [0.1, 0.15) is 0 Å². The molecule has 0 atom stereocenters. The highest BCUT2D eigenvalue weighted by atomic mass is 19.5. The van der Waals surface area contributed by atoms with Crippen LogP contribution in [0.15, 0.2) is 0 Å². The van der Waals surface area contributed by atoms with Gasteiger partial charge in [0, 0.05) is 0 Å². The molecular formula is C12H2F24. The van der Waals surface area contributed by atoms with Gasteiger partial charge in [-0.3, -0.25) is 0 Å². The van der Waals surface area contributed by atoms with Crippen LogP contribution < -0.4 is 0 Å². The molecule has 0 aromatic rings. The van der Waals surface area contributed by atoms with Crippen LogP contribution in [0.3, 0.4) is 0 Å². The topological polar surface area (TPSA) is 0 Å². The lowest BCUT2D eigenvalue weighted by molar-refractivity contribution is -0.546. The summed E-state index contributed by atoms with van der Waals surface area (Å²) in [5.74, 6) is -16.4. The molecule has 0 saturated carbocycles. The van der Waals surface area contributed by atoms with Gasteiger partial charge in [-0.15, -0.1) is 0 Å². The summed E-state index contributed by atoms with van der Waals surface area (Å²) >= 11 is 0. The molecule has 0 aromatic carbocycles. The van der Waals surface area contributed by atoms with Gasteiger partial charge < -0.3 is 0 Å². The smallest absolute Gasteiger partial charge is 0.170 e. The Kier molecular flexibility index (Phi) is 8.02. The molecule has 0 radical (unpaired) electrons. The molecule has 0 fully saturated rings. The SMILES string of the molecule is FC(F)(F)C(C(F)(F)F)C(C(F)(F)F)(C(F)(F)F)C(C(C(F)(F)F)C(F)(F)F)(C(F)(F)F)C(F)(F)F. The molecule has 0 aliphatic carbocycles. The maximum Gasteiger partial charge on any atom is 0.405 e. The summed E-state index contributed by atoms with van der Waals surface area (Å²) in [7, 11) is 0. The van der Waals surface area contributed by atoms with E-state index in [9.17, 15) is 105 Å². The summed E-state index contributed by atoms with van der Waals surface area (Å²) in [6.07, 6.45) is -72.5. The van der Waals surface area contributed by atoms with E-state index in [1.165, 1.54) is 0 Å². The summed E-state index contributed by atoms with van der Waals surface area (Å²) in [5, 5.41) is 0. The lowest BCUT2D eigenvalue weighted by Gasteiger charge is -2.57. The van der Waals surface area contributed by atoms with E-state index in [4.69, 9.17) is 0 Å². The van der Waals surface area contributed by atoms with Crippen LogP contribution >= 0.6 is 0 Å². The fraction of sp³-hybridized carbons (Fsp3) is 1.00. The first-order chi connectivity index (χ1) is 15.0. The zero-order valence-electron chi connectivity index (χ0n) is 15.2. The van der Waals surface area contributed by atoms with Crippen LogP contribution in [0.2, 0.25) is 0 Å². The summed E-state index contributed by atoms with van der Waals surface area (Å²) in [6.45, 7) is 0. The second-order valence-corrected chi connectivity index (χ2v) is 6.64. The highest BCUT2D eigenvalue weighted by molar-refractivity contribution is 5.22. The van der Waals surface area contributed by atoms with Gasteiger partial charge in [-0.25, -0.2) is 0 Å². The Morgan fingerprint density at radius 1 is 0.222 bits per heavy atom. The molecule has 0 aliphatic rings. The Balaban J connectivity index is 9.36. The highest BCUT2D eigenvalue weighted by Crippen LogP contribution is 2.80. The molecule has 0 saturated heterocycles. The second-order valence-electron chi connectivity index (χ2n) is 6.64. The highest BCUT2D eigenvalue weighted by Gasteiger charge is 3.03. The van der Waals surface area contributed by atoms with Crippen molar-refractivity contribution in [2.45, 2.75) is 49.4 Å². The Bertz CT molecular complexity index is 629. The fourth-order valence-corrected chi connectivity index (χ4v) is 3.68. The molecule has 0 aliphatic heterocycles. The largest absolute Gasteiger partial charge is 0.405 e. The molecule has 0 aromatic heterocycles. The van der Waals surface area contributed by atoms with Crippen molar-refractivity contribution in [3.05, 3.63) is 0 Å². The lowest BCUT2D eigenvalue weighted by atomic mass is 9.49. The van der Waals surface area contributed by atoms with Gasteiger partial charge in [0.2, 0.25) is 10.8 Å². The Morgan fingerprint density at radius 3 is 0.389 bits per heavy atom. The van der Waals surface area contributed by atoms with Crippen molar-refractivity contribution < 1.29 is 105 Å². The second kappa shape index (κ2) is 8.41. The molecule has 36 heavy (non-hydrogen) atoms. The van der Waals surface area contributed by atoms with Crippen LogP contribution in [0.4, 0.5) is 105 Å². The molecule has 0 bridgehead atoms. The predicted octanol–water partition coefficient (Wildman–Crippen LogP) is 8.69. The molecule has 0 amide bonds. The number of hydrogen-bond donors (Lipinski definition) is 0. The van der Waals surface area contributed by atoms with Crippen molar-refractivity contribution in [2.75, 3.05) is 0 Å². The minimum Gasteiger partial charge on any atom is -0.170 e. The van der Waals surface area contributed by atoms with Crippen molar-refractivity contribution in [1.29, 1.82) is 0 Å². The van der Waals surface area contributed by atoms with Crippen LogP contribution in [0, 0.1) is 22.7 Å². The van der Waals surface area contributed by atoms with E-state index in [0.29, 0.717) is 0 Å². The van der Waals surface area contributed by atoms with E-state index >= 15 is 0 Å². The van der Waals surface area contributed by atoms with Crippen LogP contribution in [0.5, 0.6) is 0 Å². The van der Waals surface area contributed by atoms with Crippen molar-refractivity contribution in [3.63, 3.8) is 0 Å². The van der Waals surface area contributed by atoms with E-state index in [2.05, 4.69) is 0 Å². The number of halogens is 24. The number of rotatable bonds is 3. The molecule has 0 spiro atoms. The predicted molar refractivity (Wildman–Crippen MR) is 60.3 cm³/mol. The summed E-state index contributed by atoms with van der Waals surface area (Å²) < 4.78 is 316. The average Bonchev–Trinajstić information content (AvgIpc) is 2.39. The van der Waals surface area contributed by atoms with E-state index < -0.39 is 72.1 Å². The van der Waals surface area contributed by atoms with E-state index in [1.54, 1.807) is 0 Å². The van der Waals surface area contributed by atoms with E-state index in [-0.39, 0.29) is 0 Å². The van der Waals surface area contributed by atoms with Gasteiger partial charge in [-0.2, -0.15) is 105 Å². The zero-order valence-corrected chi connectivity index (χ0v) is 15.2. The zero-order chi connectivity index (χ0) is 30.2. The first-order valence-electron chi connectivity index (χ1n) is 7.52. The van der Waals surface area contributed by atoms with Crippen LogP contribution in [-0.2, 0) is 0 Å². The Labute approximate surface area is 179 Å². The Hall–Kier alpha value is -1.68. The summed E-state index contributed by atoms with van der Waals surface area (Å²) in [4.78, 5) is 0. The van der Waals surface area contributed by atoms with Crippen LogP contribution in [-0.4, -0.2) is 49.4 Å². The van der Waals surface area contributed by atoms with Crippen molar-refractivity contribution in [2.24, 2.45) is 22.7 Å². The normalized spacial score (nSPS) is 16.8. The number of hydrogen-bond acceptors (Lipinski definition) is 0. The molecule has 218 valence electrons. The quantitative estimate of drug-likeness (QED) is 0.284. The van der Waals surface area contributed by atoms with E-state index in [0.717, 1.165) is 0 Å². The molecule has 0 unspecified atom stereocenters. The minimum absolute atomic E-state index is 8.21. The van der Waals surface area contributed by atoms with Gasteiger partial charge in [-0.05, 0) is 0 Å². The number of alkyl halides is 24. The first-order valence-corrected chi connectivity index (χ1v) is 7.52. The van der Waals surface area contributed by atoms with Gasteiger partial charge in [0.05, 0.1) is 0 Å². The standard InChI is InChI=1S/C12H2F24/c13-5(14,15)1(6(16,17)18)3(9(25,26)27,10(28,29)30)4(11(31,32)33,12(34,35)36)2(7(19,20)21)8(22,23)24/h1-2H. The molecule has 0 nitrogen and oxygen atoms in total. The third-order valence-corrected chi connectivity index (χ3v) is 4.59. The summed E-state index contributed by atoms with van der Waals surface area (Å²) in [6, 6.07) is 0.